The summed E-state index contributed by atoms with van der Waals surface area (Å²) in [5.41, 5.74) is 1.70. The predicted octanol–water partition coefficient (Wildman–Crippen LogP) is 3.15. The molecule has 0 aliphatic rings. The average molecular weight is 340 g/mol. The number of nitriles is 1. The highest BCUT2D eigenvalue weighted by molar-refractivity contribution is 7.99. The Hall–Kier alpha value is -2.79. The number of aromatic amines is 1. The van der Waals surface area contributed by atoms with E-state index >= 15 is 0 Å². The van der Waals surface area contributed by atoms with Gasteiger partial charge in [0.15, 0.2) is 11.0 Å². The van der Waals surface area contributed by atoms with Crippen LogP contribution in [-0.2, 0) is 6.54 Å². The van der Waals surface area contributed by atoms with Crippen LogP contribution in [0.5, 0.6) is 0 Å². The van der Waals surface area contributed by atoms with Gasteiger partial charge in [0.2, 0.25) is 0 Å². The van der Waals surface area contributed by atoms with Crippen molar-refractivity contribution in [3.8, 4) is 6.07 Å². The summed E-state index contributed by atoms with van der Waals surface area (Å²) in [5, 5.41) is 28.3. The van der Waals surface area contributed by atoms with Crippen molar-refractivity contribution in [2.24, 2.45) is 0 Å². The number of benzene rings is 1. The summed E-state index contributed by atoms with van der Waals surface area (Å²) < 4.78 is 1.88. The van der Waals surface area contributed by atoms with Crippen LogP contribution < -0.4 is 0 Å². The van der Waals surface area contributed by atoms with Gasteiger partial charge in [-0.2, -0.15) is 5.26 Å². The number of rotatable bonds is 5. The lowest BCUT2D eigenvalue weighted by Gasteiger charge is -2.11. The molecule has 7 nitrogen and oxygen atoms in total. The minimum absolute atomic E-state index is 0.0350. The zero-order chi connectivity index (χ0) is 17.1. The quantitative estimate of drug-likeness (QED) is 0.420. The Morgan fingerprint density at radius 1 is 1.46 bits per heavy atom. The molecule has 0 amide bonds. The van der Waals surface area contributed by atoms with E-state index in [1.165, 1.54) is 11.8 Å². The molecule has 0 aliphatic carbocycles. The molecule has 0 bridgehead atoms. The van der Waals surface area contributed by atoms with Crippen LogP contribution in [0.1, 0.15) is 19.7 Å². The van der Waals surface area contributed by atoms with Crippen molar-refractivity contribution in [3.05, 3.63) is 42.2 Å². The number of H-pyrrole nitrogens is 1. The van der Waals surface area contributed by atoms with Crippen LogP contribution >= 0.6 is 11.8 Å². The molecule has 2 N–H and O–H groups in total. The first-order chi connectivity index (χ1) is 11.6. The molecule has 1 unspecified atom stereocenters. The summed E-state index contributed by atoms with van der Waals surface area (Å²) in [6, 6.07) is 9.53. The molecule has 0 saturated heterocycles. The minimum atomic E-state index is -0.359. The number of imidazole rings is 1. The average Bonchev–Trinajstić information content (AvgIpc) is 3.21. The lowest BCUT2D eigenvalue weighted by molar-refractivity contribution is 0.401. The monoisotopic (exact) mass is 340 g/mol. The van der Waals surface area contributed by atoms with Crippen molar-refractivity contribution < 1.29 is 5.11 Å². The molecule has 0 aliphatic heterocycles. The van der Waals surface area contributed by atoms with Gasteiger partial charge in [0.05, 0.1) is 16.3 Å². The third kappa shape index (κ3) is 2.98. The second-order valence-electron chi connectivity index (χ2n) is 5.13. The van der Waals surface area contributed by atoms with Crippen molar-refractivity contribution in [3.63, 3.8) is 0 Å². The number of aryl methyl sites for hydroxylation is 1. The van der Waals surface area contributed by atoms with Crippen LogP contribution in [0.15, 0.2) is 41.5 Å². The summed E-state index contributed by atoms with van der Waals surface area (Å²) in [7, 11) is 0. The van der Waals surface area contributed by atoms with E-state index in [4.69, 9.17) is 0 Å². The first-order valence-electron chi connectivity index (χ1n) is 7.46. The van der Waals surface area contributed by atoms with Crippen molar-refractivity contribution >= 4 is 28.4 Å². The lowest BCUT2D eigenvalue weighted by Crippen LogP contribution is -2.07. The van der Waals surface area contributed by atoms with Crippen LogP contribution in [-0.4, -0.2) is 35.1 Å². The maximum absolute atomic E-state index is 10.5. The van der Waals surface area contributed by atoms with Crippen molar-refractivity contribution in [1.29, 1.82) is 5.26 Å². The molecule has 2 aromatic heterocycles. The second kappa shape index (κ2) is 6.76. The summed E-state index contributed by atoms with van der Waals surface area (Å²) in [6.45, 7) is 4.54. The molecule has 1 atom stereocenters. The Bertz CT molecular complexity index is 902. The highest BCUT2D eigenvalue weighted by Gasteiger charge is 2.20. The van der Waals surface area contributed by atoms with E-state index in [0.717, 1.165) is 17.6 Å². The number of para-hydroxylation sites is 2. The smallest absolute Gasteiger partial charge is 0.191 e. The standard InChI is InChI=1S/C16H16N6OS/c1-3-22-9-18-21-16(22)24-10(2)14(23)11(8-17)15-19-12-6-4-5-7-13(12)20-15/h4-7,9-10,23H,3H2,1-2H3,(H,19,20)/b14-11-. The van der Waals surface area contributed by atoms with Crippen LogP contribution in [0.3, 0.4) is 0 Å². The number of aliphatic hydroxyl groups is 1. The van der Waals surface area contributed by atoms with E-state index in [0.29, 0.717) is 11.0 Å². The number of hydrogen-bond acceptors (Lipinski definition) is 6. The van der Waals surface area contributed by atoms with E-state index in [1.807, 2.05) is 48.7 Å². The zero-order valence-corrected chi connectivity index (χ0v) is 14.1. The number of hydrogen-bond donors (Lipinski definition) is 2. The molecule has 122 valence electrons. The number of allylic oxidation sites excluding steroid dienone is 1. The van der Waals surface area contributed by atoms with Gasteiger partial charge < -0.3 is 14.7 Å². The zero-order valence-electron chi connectivity index (χ0n) is 13.3. The van der Waals surface area contributed by atoms with Gasteiger partial charge in [-0.1, -0.05) is 23.9 Å². The summed E-state index contributed by atoms with van der Waals surface area (Å²) in [4.78, 5) is 7.45. The normalized spacial score (nSPS) is 13.5. The van der Waals surface area contributed by atoms with Gasteiger partial charge in [-0.25, -0.2) is 4.98 Å². The van der Waals surface area contributed by atoms with Gasteiger partial charge in [-0.15, -0.1) is 10.2 Å². The molecule has 8 heteroatoms. The highest BCUT2D eigenvalue weighted by atomic mass is 32.2. The van der Waals surface area contributed by atoms with E-state index in [2.05, 4.69) is 20.2 Å². The van der Waals surface area contributed by atoms with Gasteiger partial charge in [0.1, 0.15) is 23.7 Å². The summed E-state index contributed by atoms with van der Waals surface area (Å²) in [5.74, 6) is 0.327. The van der Waals surface area contributed by atoms with E-state index in [-0.39, 0.29) is 16.6 Å². The second-order valence-corrected chi connectivity index (χ2v) is 6.44. The Labute approximate surface area is 143 Å². The minimum Gasteiger partial charge on any atom is -0.510 e. The van der Waals surface area contributed by atoms with Gasteiger partial charge >= 0.3 is 0 Å². The topological polar surface area (TPSA) is 103 Å². The van der Waals surface area contributed by atoms with Crippen LogP contribution in [0.25, 0.3) is 16.6 Å². The first-order valence-corrected chi connectivity index (χ1v) is 8.34. The van der Waals surface area contributed by atoms with Crippen molar-refractivity contribution in [2.75, 3.05) is 0 Å². The molecule has 0 spiro atoms. The summed E-state index contributed by atoms with van der Waals surface area (Å²) in [6.07, 6.45) is 1.64. The molecule has 24 heavy (non-hydrogen) atoms. The van der Waals surface area contributed by atoms with E-state index in [1.54, 1.807) is 6.33 Å². The third-order valence-corrected chi connectivity index (χ3v) is 4.69. The van der Waals surface area contributed by atoms with Gasteiger partial charge in [-0.05, 0) is 26.0 Å². The number of nitrogens with one attached hydrogen (secondary N) is 1. The number of nitrogens with zero attached hydrogens (tertiary/aromatic N) is 5. The van der Waals surface area contributed by atoms with Gasteiger partial charge in [0, 0.05) is 6.54 Å². The van der Waals surface area contributed by atoms with Crippen molar-refractivity contribution in [1.82, 2.24) is 24.7 Å². The largest absolute Gasteiger partial charge is 0.510 e. The molecule has 1 aromatic carbocycles. The van der Waals surface area contributed by atoms with Crippen LogP contribution in [0, 0.1) is 11.3 Å². The molecule has 0 fully saturated rings. The molecular formula is C16H16N6OS. The van der Waals surface area contributed by atoms with E-state index < -0.39 is 0 Å². The molecule has 0 saturated carbocycles. The first kappa shape index (κ1) is 16.1. The van der Waals surface area contributed by atoms with Crippen molar-refractivity contribution in [2.45, 2.75) is 30.8 Å². The fourth-order valence-corrected chi connectivity index (χ4v) is 3.22. The molecule has 3 rings (SSSR count). The maximum Gasteiger partial charge on any atom is 0.191 e. The fourth-order valence-electron chi connectivity index (χ4n) is 2.27. The molecular weight excluding hydrogens is 324 g/mol. The Morgan fingerprint density at radius 3 is 2.96 bits per heavy atom. The number of thioether (sulfide) groups is 1. The van der Waals surface area contributed by atoms with Gasteiger partial charge in [-0.3, -0.25) is 0 Å². The fraction of sp³-hybridized carbons (Fsp3) is 0.250. The molecule has 3 aromatic rings. The van der Waals surface area contributed by atoms with Gasteiger partial charge in [0.25, 0.3) is 0 Å². The predicted molar refractivity (Wildman–Crippen MR) is 92.3 cm³/mol. The Balaban J connectivity index is 1.93. The molecule has 0 radical (unpaired) electrons. The summed E-state index contributed by atoms with van der Waals surface area (Å²) >= 11 is 1.34. The Morgan fingerprint density at radius 2 is 2.25 bits per heavy atom. The maximum atomic E-state index is 10.5. The lowest BCUT2D eigenvalue weighted by atomic mass is 10.2. The number of fused-ring (bicyclic) bond motifs is 1. The van der Waals surface area contributed by atoms with E-state index in [9.17, 15) is 10.4 Å². The molecule has 2 heterocycles. The highest BCUT2D eigenvalue weighted by Crippen LogP contribution is 2.29. The number of aliphatic hydroxyl groups excluding tert-OH is 1. The third-order valence-electron chi connectivity index (χ3n) is 3.58. The Kier molecular flexibility index (Phi) is 4.53. The van der Waals surface area contributed by atoms with Crippen LogP contribution in [0.4, 0.5) is 0 Å². The van der Waals surface area contributed by atoms with Crippen LogP contribution in [0.2, 0.25) is 0 Å². The number of aromatic nitrogens is 5. The SMILES string of the molecule is CCn1cnnc1SC(C)/C(O)=C(\C#N)c1nc2ccccc2[nH]1.